The number of nitrogens with zero attached hydrogens (tertiary/aromatic N) is 3. The first kappa shape index (κ1) is 19.7. The van der Waals surface area contributed by atoms with Gasteiger partial charge in [-0.15, -0.1) is 0 Å². The number of carbonyl (C=O) groups excluding carboxylic acids is 1. The van der Waals surface area contributed by atoms with Gasteiger partial charge in [-0.05, 0) is 61.9 Å². The molecule has 0 aliphatic carbocycles. The lowest BCUT2D eigenvalue weighted by Gasteiger charge is -2.26. The maximum absolute atomic E-state index is 13.0. The molecule has 0 spiro atoms. The lowest BCUT2D eigenvalue weighted by atomic mass is 10.1. The van der Waals surface area contributed by atoms with E-state index in [0.29, 0.717) is 19.5 Å². The van der Waals surface area contributed by atoms with Crippen LogP contribution in [0.25, 0.3) is 0 Å². The number of carbonyl (C=O) groups is 1. The molecule has 0 unspecified atom stereocenters. The summed E-state index contributed by atoms with van der Waals surface area (Å²) in [5.74, 6) is 1.46. The van der Waals surface area contributed by atoms with Crippen molar-refractivity contribution in [3.8, 4) is 17.6 Å². The maximum atomic E-state index is 13.0. The zero-order valence-electron chi connectivity index (χ0n) is 16.6. The number of hydrogen-bond acceptors (Lipinski definition) is 5. The predicted molar refractivity (Wildman–Crippen MR) is 107 cm³/mol. The first-order valence-electron chi connectivity index (χ1n) is 9.29. The monoisotopic (exact) mass is 379 g/mol. The van der Waals surface area contributed by atoms with Crippen molar-refractivity contribution in [2.45, 2.75) is 26.8 Å². The molecule has 6 heteroatoms. The summed E-state index contributed by atoms with van der Waals surface area (Å²) in [4.78, 5) is 16.7. The molecule has 2 aromatic carbocycles. The SMILES string of the molecule is Cc1cc(C)cc(N(CCC#N)C(=O)CN(C)Cc2ccc3c(c2)OCO3)c1. The molecule has 0 aromatic heterocycles. The smallest absolute Gasteiger partial charge is 0.241 e. The molecule has 0 saturated heterocycles. The van der Waals surface area contributed by atoms with Crippen LogP contribution in [0.4, 0.5) is 5.69 Å². The number of ether oxygens (including phenoxy) is 2. The van der Waals surface area contributed by atoms with Crippen molar-refractivity contribution in [2.24, 2.45) is 0 Å². The standard InChI is InChI=1S/C22H25N3O3/c1-16-9-17(2)11-19(10-16)25(8-4-7-23)22(26)14-24(3)13-18-5-6-20-21(12-18)28-15-27-20/h5-6,9-12H,4,8,13-15H2,1-3H3. The summed E-state index contributed by atoms with van der Waals surface area (Å²) in [5, 5.41) is 8.99. The van der Waals surface area contributed by atoms with Crippen molar-refractivity contribution in [1.82, 2.24) is 4.90 Å². The molecular weight excluding hydrogens is 354 g/mol. The van der Waals surface area contributed by atoms with Gasteiger partial charge in [-0.3, -0.25) is 9.69 Å². The fourth-order valence-corrected chi connectivity index (χ4v) is 3.39. The van der Waals surface area contributed by atoms with E-state index in [4.69, 9.17) is 14.7 Å². The van der Waals surface area contributed by atoms with Crippen LogP contribution < -0.4 is 14.4 Å². The third-order valence-electron chi connectivity index (χ3n) is 4.56. The highest BCUT2D eigenvalue weighted by Gasteiger charge is 2.19. The van der Waals surface area contributed by atoms with E-state index >= 15 is 0 Å². The van der Waals surface area contributed by atoms with Crippen LogP contribution in [0, 0.1) is 25.2 Å². The van der Waals surface area contributed by atoms with E-state index in [-0.39, 0.29) is 19.2 Å². The molecular formula is C22H25N3O3. The number of fused-ring (bicyclic) bond motifs is 1. The van der Waals surface area contributed by atoms with Gasteiger partial charge in [0, 0.05) is 18.8 Å². The Labute approximate surface area is 165 Å². The van der Waals surface area contributed by atoms with E-state index in [9.17, 15) is 4.79 Å². The van der Waals surface area contributed by atoms with Crippen LogP contribution in [0.2, 0.25) is 0 Å². The minimum absolute atomic E-state index is 0.0245. The molecule has 1 aliphatic heterocycles. The molecule has 2 aromatic rings. The van der Waals surface area contributed by atoms with Crippen molar-refractivity contribution in [2.75, 3.05) is 31.8 Å². The molecule has 0 atom stereocenters. The van der Waals surface area contributed by atoms with Crippen LogP contribution >= 0.6 is 0 Å². The number of amides is 1. The van der Waals surface area contributed by atoms with Crippen molar-refractivity contribution in [3.05, 3.63) is 53.1 Å². The van der Waals surface area contributed by atoms with Gasteiger partial charge in [0.05, 0.1) is 19.0 Å². The van der Waals surface area contributed by atoms with Gasteiger partial charge in [0.15, 0.2) is 11.5 Å². The van der Waals surface area contributed by atoms with Crippen molar-refractivity contribution >= 4 is 11.6 Å². The first-order chi connectivity index (χ1) is 13.5. The Kier molecular flexibility index (Phi) is 6.17. The fourth-order valence-electron chi connectivity index (χ4n) is 3.39. The topological polar surface area (TPSA) is 65.8 Å². The third kappa shape index (κ3) is 4.81. The number of rotatable bonds is 7. The predicted octanol–water partition coefficient (Wildman–Crippen LogP) is 3.41. The van der Waals surface area contributed by atoms with Crippen LogP contribution in [0.3, 0.4) is 0 Å². The number of hydrogen-bond donors (Lipinski definition) is 0. The normalized spacial score (nSPS) is 12.1. The molecule has 1 amide bonds. The zero-order chi connectivity index (χ0) is 20.1. The summed E-state index contributed by atoms with van der Waals surface area (Å²) in [5.41, 5.74) is 4.08. The van der Waals surface area contributed by atoms with Crippen LogP contribution in [0.5, 0.6) is 11.5 Å². The Morgan fingerprint density at radius 2 is 1.82 bits per heavy atom. The minimum atomic E-state index is -0.0245. The fraction of sp³-hybridized carbons (Fsp3) is 0.364. The molecule has 1 aliphatic rings. The van der Waals surface area contributed by atoms with Crippen molar-refractivity contribution < 1.29 is 14.3 Å². The number of nitriles is 1. The van der Waals surface area contributed by atoms with Gasteiger partial charge in [0.25, 0.3) is 0 Å². The molecule has 146 valence electrons. The molecule has 0 fully saturated rings. The highest BCUT2D eigenvalue weighted by molar-refractivity contribution is 5.95. The Bertz CT molecular complexity index is 884. The van der Waals surface area contributed by atoms with Crippen LogP contribution in [0.15, 0.2) is 36.4 Å². The van der Waals surface area contributed by atoms with E-state index in [1.165, 1.54) is 0 Å². The van der Waals surface area contributed by atoms with Gasteiger partial charge >= 0.3 is 0 Å². The van der Waals surface area contributed by atoms with Crippen LogP contribution in [-0.2, 0) is 11.3 Å². The molecule has 0 saturated carbocycles. The first-order valence-corrected chi connectivity index (χ1v) is 9.29. The molecule has 0 N–H and O–H groups in total. The van der Waals surface area contributed by atoms with Crippen LogP contribution in [-0.4, -0.2) is 37.7 Å². The Morgan fingerprint density at radius 3 is 2.54 bits per heavy atom. The van der Waals surface area contributed by atoms with Crippen molar-refractivity contribution in [3.63, 3.8) is 0 Å². The largest absolute Gasteiger partial charge is 0.454 e. The second-order valence-corrected chi connectivity index (χ2v) is 7.16. The Balaban J connectivity index is 1.69. The van der Waals surface area contributed by atoms with Gasteiger partial charge in [-0.25, -0.2) is 0 Å². The Hall–Kier alpha value is -3.04. The van der Waals surface area contributed by atoms with Gasteiger partial charge in [-0.1, -0.05) is 12.1 Å². The molecule has 6 nitrogen and oxygen atoms in total. The van der Waals surface area contributed by atoms with Gasteiger partial charge in [-0.2, -0.15) is 5.26 Å². The number of aryl methyl sites for hydroxylation is 2. The molecule has 1 heterocycles. The lowest BCUT2D eigenvalue weighted by Crippen LogP contribution is -2.39. The van der Waals surface area contributed by atoms with E-state index in [2.05, 4.69) is 12.1 Å². The molecule has 0 bridgehead atoms. The average molecular weight is 379 g/mol. The van der Waals surface area contributed by atoms with E-state index in [1.807, 2.05) is 56.1 Å². The zero-order valence-corrected chi connectivity index (χ0v) is 16.6. The van der Waals surface area contributed by atoms with E-state index in [0.717, 1.165) is 33.9 Å². The summed E-state index contributed by atoms with van der Waals surface area (Å²) >= 11 is 0. The third-order valence-corrected chi connectivity index (χ3v) is 4.56. The summed E-state index contributed by atoms with van der Waals surface area (Å²) in [6.45, 7) is 5.52. The molecule has 3 rings (SSSR count). The summed E-state index contributed by atoms with van der Waals surface area (Å²) in [7, 11) is 1.91. The minimum Gasteiger partial charge on any atom is -0.454 e. The maximum Gasteiger partial charge on any atom is 0.241 e. The summed E-state index contributed by atoms with van der Waals surface area (Å²) < 4.78 is 10.8. The number of likely N-dealkylation sites (N-methyl/N-ethyl adjacent to an activating group) is 1. The highest BCUT2D eigenvalue weighted by atomic mass is 16.7. The molecule has 0 radical (unpaired) electrons. The van der Waals surface area contributed by atoms with Gasteiger partial charge in [0.2, 0.25) is 12.7 Å². The van der Waals surface area contributed by atoms with Gasteiger partial charge in [0.1, 0.15) is 0 Å². The summed E-state index contributed by atoms with van der Waals surface area (Å²) in [6, 6.07) is 14.0. The number of benzene rings is 2. The lowest BCUT2D eigenvalue weighted by molar-refractivity contribution is -0.119. The van der Waals surface area contributed by atoms with E-state index in [1.54, 1.807) is 4.90 Å². The van der Waals surface area contributed by atoms with E-state index < -0.39 is 0 Å². The van der Waals surface area contributed by atoms with Gasteiger partial charge < -0.3 is 14.4 Å². The second-order valence-electron chi connectivity index (χ2n) is 7.16. The number of anilines is 1. The summed E-state index contributed by atoms with van der Waals surface area (Å²) in [6.07, 6.45) is 0.296. The average Bonchev–Trinajstić information content (AvgIpc) is 3.09. The Morgan fingerprint density at radius 1 is 1.11 bits per heavy atom. The van der Waals surface area contributed by atoms with Crippen LogP contribution in [0.1, 0.15) is 23.1 Å². The second kappa shape index (κ2) is 8.77. The quantitative estimate of drug-likeness (QED) is 0.738. The molecule has 28 heavy (non-hydrogen) atoms. The van der Waals surface area contributed by atoms with Crippen molar-refractivity contribution in [1.29, 1.82) is 5.26 Å². The highest BCUT2D eigenvalue weighted by Crippen LogP contribution is 2.32.